The molecule has 0 fully saturated rings. The molecule has 0 aromatic heterocycles. The van der Waals surface area contributed by atoms with Gasteiger partial charge in [0.15, 0.2) is 0 Å². The van der Waals surface area contributed by atoms with Gasteiger partial charge in [-0.2, -0.15) is 0 Å². The Morgan fingerprint density at radius 3 is 2.24 bits per heavy atom. The fourth-order valence-corrected chi connectivity index (χ4v) is 3.93. The standard InChI is InChI=1S/C28H35N3O7/c1-3-20(27(36)29-15-14-24(28(37)38)31-25(33)8-5-9-26(34)35)16-19-6-4-7-22(17-19)21-10-12-23(13-11-21)30-18(2)32/h4,6-7,10-13,17,20,24H,3,5,8-9,14-16H2,1-2H3,(H,29,36)(H,30,32)(H,31,33)(H,34,35)(H,37,38)/p-2/t20-,24-/m1/s1. The average Bonchev–Trinajstić information content (AvgIpc) is 2.86. The first-order chi connectivity index (χ1) is 18.1. The third-order valence-electron chi connectivity index (χ3n) is 5.95. The van der Waals surface area contributed by atoms with Crippen molar-refractivity contribution in [3.63, 3.8) is 0 Å². The van der Waals surface area contributed by atoms with Gasteiger partial charge in [0.05, 0.1) is 12.0 Å². The van der Waals surface area contributed by atoms with E-state index in [-0.39, 0.29) is 50.0 Å². The van der Waals surface area contributed by atoms with Crippen molar-refractivity contribution in [2.45, 2.75) is 58.4 Å². The van der Waals surface area contributed by atoms with Crippen molar-refractivity contribution >= 4 is 35.3 Å². The van der Waals surface area contributed by atoms with E-state index in [9.17, 15) is 34.2 Å². The van der Waals surface area contributed by atoms with Crippen LogP contribution in [0.1, 0.15) is 51.5 Å². The van der Waals surface area contributed by atoms with Crippen LogP contribution in [0.3, 0.4) is 0 Å². The molecule has 0 aliphatic heterocycles. The lowest BCUT2D eigenvalue weighted by atomic mass is 9.93. The molecule has 0 unspecified atom stereocenters. The lowest BCUT2D eigenvalue weighted by molar-refractivity contribution is -0.309. The van der Waals surface area contributed by atoms with Gasteiger partial charge in [-0.25, -0.2) is 0 Å². The van der Waals surface area contributed by atoms with Gasteiger partial charge in [0.2, 0.25) is 17.7 Å². The van der Waals surface area contributed by atoms with E-state index in [1.165, 1.54) is 6.92 Å². The number of rotatable bonds is 15. The Balaban J connectivity index is 1.91. The fourth-order valence-electron chi connectivity index (χ4n) is 3.93. The normalized spacial score (nSPS) is 12.2. The van der Waals surface area contributed by atoms with Gasteiger partial charge in [0.1, 0.15) is 0 Å². The highest BCUT2D eigenvalue weighted by Gasteiger charge is 2.19. The molecule has 0 saturated carbocycles. The molecule has 2 aromatic rings. The van der Waals surface area contributed by atoms with Gasteiger partial charge in [0, 0.05) is 37.5 Å². The summed E-state index contributed by atoms with van der Waals surface area (Å²) in [4.78, 5) is 57.7. The molecule has 0 heterocycles. The summed E-state index contributed by atoms with van der Waals surface area (Å²) in [7, 11) is 0. The molecule has 10 nitrogen and oxygen atoms in total. The lowest BCUT2D eigenvalue weighted by Crippen LogP contribution is -2.49. The highest BCUT2D eigenvalue weighted by Crippen LogP contribution is 2.24. The maximum absolute atomic E-state index is 12.8. The van der Waals surface area contributed by atoms with Crippen LogP contribution in [0, 0.1) is 5.92 Å². The minimum absolute atomic E-state index is 0.0218. The second-order valence-electron chi connectivity index (χ2n) is 9.01. The molecule has 2 rings (SSSR count). The van der Waals surface area contributed by atoms with E-state index >= 15 is 0 Å². The molecule has 0 aliphatic rings. The predicted molar refractivity (Wildman–Crippen MR) is 137 cm³/mol. The van der Waals surface area contributed by atoms with Gasteiger partial charge in [0.25, 0.3) is 0 Å². The monoisotopic (exact) mass is 523 g/mol. The Labute approximate surface area is 221 Å². The summed E-state index contributed by atoms with van der Waals surface area (Å²) >= 11 is 0. The zero-order valence-corrected chi connectivity index (χ0v) is 21.6. The molecule has 2 atom stereocenters. The van der Waals surface area contributed by atoms with Crippen LogP contribution in [-0.4, -0.2) is 42.2 Å². The maximum Gasteiger partial charge on any atom is 0.223 e. The molecule has 3 N–H and O–H groups in total. The Morgan fingerprint density at radius 2 is 1.63 bits per heavy atom. The van der Waals surface area contributed by atoms with Gasteiger partial charge in [-0.3, -0.25) is 14.4 Å². The quantitative estimate of drug-likeness (QED) is 0.306. The van der Waals surface area contributed by atoms with Crippen molar-refractivity contribution < 1.29 is 34.2 Å². The number of benzene rings is 2. The number of carbonyl (C=O) groups excluding carboxylic acids is 5. The third-order valence-corrected chi connectivity index (χ3v) is 5.95. The van der Waals surface area contributed by atoms with Crippen molar-refractivity contribution in [1.82, 2.24) is 10.6 Å². The van der Waals surface area contributed by atoms with E-state index in [1.54, 1.807) is 0 Å². The first-order valence-electron chi connectivity index (χ1n) is 12.5. The van der Waals surface area contributed by atoms with Crippen LogP contribution in [0.15, 0.2) is 48.5 Å². The van der Waals surface area contributed by atoms with Crippen molar-refractivity contribution in [3.8, 4) is 11.1 Å². The summed E-state index contributed by atoms with van der Waals surface area (Å²) in [5, 5.41) is 29.6. The van der Waals surface area contributed by atoms with Gasteiger partial charge in [-0.15, -0.1) is 0 Å². The highest BCUT2D eigenvalue weighted by molar-refractivity contribution is 5.89. The first kappa shape index (κ1) is 30.0. The van der Waals surface area contributed by atoms with Crippen molar-refractivity contribution in [2.75, 3.05) is 11.9 Å². The van der Waals surface area contributed by atoms with Crippen molar-refractivity contribution in [2.24, 2.45) is 5.92 Å². The molecule has 10 heteroatoms. The van der Waals surface area contributed by atoms with Crippen LogP contribution in [0.2, 0.25) is 0 Å². The molecule has 204 valence electrons. The van der Waals surface area contributed by atoms with Crippen LogP contribution in [-0.2, 0) is 30.4 Å². The number of amides is 3. The van der Waals surface area contributed by atoms with Crippen molar-refractivity contribution in [1.29, 1.82) is 0 Å². The Hall–Kier alpha value is -4.21. The number of nitrogens with one attached hydrogen (secondary N) is 3. The number of aliphatic carboxylic acids is 2. The molecular formula is C28H33N3O7-2. The zero-order chi connectivity index (χ0) is 28.1. The summed E-state index contributed by atoms with van der Waals surface area (Å²) in [6, 6.07) is 14.0. The topological polar surface area (TPSA) is 168 Å². The number of hydrogen-bond donors (Lipinski definition) is 3. The van der Waals surface area contributed by atoms with E-state index < -0.39 is 23.9 Å². The maximum atomic E-state index is 12.8. The number of carboxylic acids is 2. The predicted octanol–water partition coefficient (Wildman–Crippen LogP) is 0.542. The van der Waals surface area contributed by atoms with E-state index in [0.29, 0.717) is 18.5 Å². The molecule has 2 aromatic carbocycles. The van der Waals surface area contributed by atoms with Crippen LogP contribution >= 0.6 is 0 Å². The molecule has 0 saturated heterocycles. The first-order valence-corrected chi connectivity index (χ1v) is 12.5. The minimum atomic E-state index is -1.48. The molecule has 38 heavy (non-hydrogen) atoms. The molecule has 0 spiro atoms. The summed E-state index contributed by atoms with van der Waals surface area (Å²) in [5.41, 5.74) is 3.61. The minimum Gasteiger partial charge on any atom is -0.550 e. The van der Waals surface area contributed by atoms with E-state index in [0.717, 1.165) is 16.7 Å². The average molecular weight is 524 g/mol. The summed E-state index contributed by atoms with van der Waals surface area (Å²) in [6.07, 6.45) is 0.569. The summed E-state index contributed by atoms with van der Waals surface area (Å²) in [5.74, 6) is -4.09. The number of carboxylic acid groups (broad SMARTS) is 2. The number of hydrogen-bond acceptors (Lipinski definition) is 7. The molecular weight excluding hydrogens is 490 g/mol. The highest BCUT2D eigenvalue weighted by atomic mass is 16.4. The van der Waals surface area contributed by atoms with Crippen LogP contribution in [0.25, 0.3) is 11.1 Å². The number of anilines is 1. The second-order valence-corrected chi connectivity index (χ2v) is 9.01. The Bertz CT molecular complexity index is 1130. The summed E-state index contributed by atoms with van der Waals surface area (Å²) < 4.78 is 0. The van der Waals surface area contributed by atoms with E-state index in [2.05, 4.69) is 16.0 Å². The molecule has 0 aliphatic carbocycles. The Morgan fingerprint density at radius 1 is 0.921 bits per heavy atom. The van der Waals surface area contributed by atoms with E-state index in [4.69, 9.17) is 0 Å². The lowest BCUT2D eigenvalue weighted by Gasteiger charge is -2.21. The second kappa shape index (κ2) is 15.1. The smallest absolute Gasteiger partial charge is 0.223 e. The molecule has 0 radical (unpaired) electrons. The SMILES string of the molecule is CC[C@H](Cc1cccc(-c2ccc(NC(C)=O)cc2)c1)C(=O)NCC[C@@H](NC(=O)CCCC(=O)[O-])C(=O)[O-]. The van der Waals surface area contributed by atoms with Gasteiger partial charge in [-0.1, -0.05) is 43.3 Å². The van der Waals surface area contributed by atoms with Crippen LogP contribution in [0.5, 0.6) is 0 Å². The van der Waals surface area contributed by atoms with E-state index in [1.807, 2.05) is 55.5 Å². The van der Waals surface area contributed by atoms with Gasteiger partial charge in [-0.05, 0) is 60.9 Å². The van der Waals surface area contributed by atoms with Crippen molar-refractivity contribution in [3.05, 3.63) is 54.1 Å². The largest absolute Gasteiger partial charge is 0.550 e. The van der Waals surface area contributed by atoms with Crippen LogP contribution < -0.4 is 26.2 Å². The summed E-state index contributed by atoms with van der Waals surface area (Å²) in [6.45, 7) is 3.36. The van der Waals surface area contributed by atoms with Crippen LogP contribution in [0.4, 0.5) is 5.69 Å². The fraction of sp³-hybridized carbons (Fsp3) is 0.393. The third kappa shape index (κ3) is 10.4. The molecule has 3 amide bonds. The molecule has 0 bridgehead atoms. The number of carbonyl (C=O) groups is 5. The Kier molecular flexibility index (Phi) is 12.0. The zero-order valence-electron chi connectivity index (χ0n) is 21.6. The van der Waals surface area contributed by atoms with Gasteiger partial charge < -0.3 is 35.8 Å². The van der Waals surface area contributed by atoms with Gasteiger partial charge >= 0.3 is 0 Å².